The largest absolute Gasteiger partial charge is 0.351 e. The van der Waals surface area contributed by atoms with Gasteiger partial charge >= 0.3 is 6.03 Å². The Labute approximate surface area is 173 Å². The first-order valence-corrected chi connectivity index (χ1v) is 10.1. The number of aromatic nitrogens is 3. The highest BCUT2D eigenvalue weighted by molar-refractivity contribution is 7.99. The van der Waals surface area contributed by atoms with Crippen molar-refractivity contribution in [3.05, 3.63) is 60.2 Å². The standard InChI is InChI=1S/C21H23N5O2S/c1-21(2,3)15-11-9-14(10-12-15)18-24-25-20(29-13-17(27)23-19(22)28)26(18)16-7-5-4-6-8-16/h4-12H,13H2,1-3H3,(H3,22,23,27,28). The van der Waals surface area contributed by atoms with Gasteiger partial charge in [0.25, 0.3) is 0 Å². The summed E-state index contributed by atoms with van der Waals surface area (Å²) in [6.45, 7) is 6.50. The average Bonchev–Trinajstić information content (AvgIpc) is 3.10. The summed E-state index contributed by atoms with van der Waals surface area (Å²) < 4.78 is 1.90. The van der Waals surface area contributed by atoms with E-state index in [4.69, 9.17) is 5.73 Å². The van der Waals surface area contributed by atoms with Crippen molar-refractivity contribution in [2.24, 2.45) is 5.73 Å². The number of hydrogen-bond donors (Lipinski definition) is 2. The molecule has 0 spiro atoms. The molecule has 0 aliphatic heterocycles. The molecule has 2 aromatic carbocycles. The average molecular weight is 410 g/mol. The van der Waals surface area contributed by atoms with Crippen molar-refractivity contribution < 1.29 is 9.59 Å². The van der Waals surface area contributed by atoms with Gasteiger partial charge in [-0.25, -0.2) is 4.79 Å². The molecule has 0 aliphatic rings. The number of primary amides is 1. The molecular formula is C21H23N5O2S. The molecule has 1 aromatic heterocycles. The summed E-state index contributed by atoms with van der Waals surface area (Å²) in [5, 5.41) is 11.2. The first-order valence-electron chi connectivity index (χ1n) is 9.09. The molecule has 0 saturated heterocycles. The SMILES string of the molecule is CC(C)(C)c1ccc(-c2nnc(SCC(=O)NC(N)=O)n2-c2ccccc2)cc1. The van der Waals surface area contributed by atoms with E-state index in [1.807, 2.05) is 47.0 Å². The van der Waals surface area contributed by atoms with Crippen LogP contribution in [0.3, 0.4) is 0 Å². The fourth-order valence-electron chi connectivity index (χ4n) is 2.78. The van der Waals surface area contributed by atoms with Gasteiger partial charge in [0.1, 0.15) is 0 Å². The van der Waals surface area contributed by atoms with Gasteiger partial charge < -0.3 is 5.73 Å². The number of carbonyl (C=O) groups is 2. The van der Waals surface area contributed by atoms with Gasteiger partial charge in [-0.05, 0) is 23.1 Å². The maximum Gasteiger partial charge on any atom is 0.318 e. The lowest BCUT2D eigenvalue weighted by Gasteiger charge is -2.19. The van der Waals surface area contributed by atoms with Crippen LogP contribution in [0.15, 0.2) is 59.8 Å². The Morgan fingerprint density at radius 2 is 1.69 bits per heavy atom. The van der Waals surface area contributed by atoms with Crippen LogP contribution in [-0.2, 0) is 10.2 Å². The lowest BCUT2D eigenvalue weighted by Crippen LogP contribution is -2.36. The van der Waals surface area contributed by atoms with E-state index in [0.717, 1.165) is 11.3 Å². The van der Waals surface area contributed by atoms with E-state index in [1.54, 1.807) is 0 Å². The van der Waals surface area contributed by atoms with Crippen LogP contribution < -0.4 is 11.1 Å². The summed E-state index contributed by atoms with van der Waals surface area (Å²) in [6.07, 6.45) is 0. The quantitative estimate of drug-likeness (QED) is 0.628. The van der Waals surface area contributed by atoms with E-state index >= 15 is 0 Å². The van der Waals surface area contributed by atoms with Crippen LogP contribution in [-0.4, -0.2) is 32.5 Å². The molecule has 3 rings (SSSR count). The first kappa shape index (κ1) is 20.6. The number of nitrogens with two attached hydrogens (primary N) is 1. The second kappa shape index (κ2) is 8.48. The number of carbonyl (C=O) groups excluding carboxylic acids is 2. The van der Waals surface area contributed by atoms with Crippen LogP contribution >= 0.6 is 11.8 Å². The Bertz CT molecular complexity index is 1010. The Hall–Kier alpha value is -3.13. The maximum absolute atomic E-state index is 11.8. The highest BCUT2D eigenvalue weighted by Crippen LogP contribution is 2.30. The van der Waals surface area contributed by atoms with E-state index < -0.39 is 11.9 Å². The molecule has 0 atom stereocenters. The van der Waals surface area contributed by atoms with E-state index in [-0.39, 0.29) is 11.2 Å². The third-order valence-electron chi connectivity index (χ3n) is 4.25. The number of thioether (sulfide) groups is 1. The second-order valence-corrected chi connectivity index (χ2v) is 8.45. The second-order valence-electron chi connectivity index (χ2n) is 7.51. The van der Waals surface area contributed by atoms with Gasteiger partial charge in [-0.3, -0.25) is 14.7 Å². The van der Waals surface area contributed by atoms with Crippen LogP contribution in [0.4, 0.5) is 4.79 Å². The van der Waals surface area contributed by atoms with Crippen molar-refractivity contribution >= 4 is 23.7 Å². The van der Waals surface area contributed by atoms with Crippen LogP contribution in [0.2, 0.25) is 0 Å². The fraction of sp³-hybridized carbons (Fsp3) is 0.238. The van der Waals surface area contributed by atoms with Crippen LogP contribution in [0.1, 0.15) is 26.3 Å². The van der Waals surface area contributed by atoms with E-state index in [2.05, 4.69) is 48.4 Å². The molecule has 3 N–H and O–H groups in total. The summed E-state index contributed by atoms with van der Waals surface area (Å²) in [7, 11) is 0. The molecule has 3 amide bonds. The molecule has 0 radical (unpaired) electrons. The van der Waals surface area contributed by atoms with Gasteiger partial charge in [-0.15, -0.1) is 10.2 Å². The summed E-state index contributed by atoms with van der Waals surface area (Å²) >= 11 is 1.18. The number of para-hydroxylation sites is 1. The van der Waals surface area contributed by atoms with Gasteiger partial charge in [0.05, 0.1) is 5.75 Å². The molecule has 3 aromatic rings. The molecule has 0 bridgehead atoms. The number of imide groups is 1. The van der Waals surface area contributed by atoms with Crippen LogP contribution in [0.5, 0.6) is 0 Å². The van der Waals surface area contributed by atoms with Gasteiger partial charge in [0.2, 0.25) is 5.91 Å². The minimum Gasteiger partial charge on any atom is -0.351 e. The highest BCUT2D eigenvalue weighted by Gasteiger charge is 2.19. The Morgan fingerprint density at radius 1 is 1.03 bits per heavy atom. The predicted molar refractivity (Wildman–Crippen MR) is 114 cm³/mol. The normalized spacial score (nSPS) is 11.3. The van der Waals surface area contributed by atoms with Crippen molar-refractivity contribution in [1.82, 2.24) is 20.1 Å². The van der Waals surface area contributed by atoms with E-state index in [9.17, 15) is 9.59 Å². The number of amides is 3. The van der Waals surface area contributed by atoms with Gasteiger partial charge in [-0.2, -0.15) is 0 Å². The topological polar surface area (TPSA) is 103 Å². The number of benzene rings is 2. The van der Waals surface area contributed by atoms with E-state index in [1.165, 1.54) is 17.3 Å². The van der Waals surface area contributed by atoms with Crippen molar-refractivity contribution in [3.63, 3.8) is 0 Å². The molecule has 0 saturated carbocycles. The Balaban J connectivity index is 1.96. The van der Waals surface area contributed by atoms with Crippen LogP contribution in [0.25, 0.3) is 17.1 Å². The molecule has 29 heavy (non-hydrogen) atoms. The lowest BCUT2D eigenvalue weighted by atomic mass is 9.87. The molecule has 0 fully saturated rings. The third-order valence-corrected chi connectivity index (χ3v) is 5.18. The summed E-state index contributed by atoms with van der Waals surface area (Å²) in [6, 6.07) is 17.0. The molecule has 1 heterocycles. The molecule has 8 heteroatoms. The molecule has 0 aliphatic carbocycles. The molecule has 150 valence electrons. The summed E-state index contributed by atoms with van der Waals surface area (Å²) in [4.78, 5) is 22.6. The molecule has 7 nitrogen and oxygen atoms in total. The van der Waals surface area contributed by atoms with Gasteiger partial charge in [-0.1, -0.05) is 75.0 Å². The van der Waals surface area contributed by atoms with E-state index in [0.29, 0.717) is 11.0 Å². The number of urea groups is 1. The van der Waals surface area contributed by atoms with Crippen LogP contribution in [0, 0.1) is 0 Å². The Kier molecular flexibility index (Phi) is 6.03. The number of nitrogens with one attached hydrogen (secondary N) is 1. The van der Waals surface area contributed by atoms with Gasteiger partial charge in [0.15, 0.2) is 11.0 Å². The Morgan fingerprint density at radius 3 is 2.28 bits per heavy atom. The number of nitrogens with zero attached hydrogens (tertiary/aromatic N) is 3. The molecular weight excluding hydrogens is 386 g/mol. The summed E-state index contributed by atoms with van der Waals surface area (Å²) in [5.74, 6) is 0.187. The zero-order chi connectivity index (χ0) is 21.0. The smallest absolute Gasteiger partial charge is 0.318 e. The zero-order valence-corrected chi connectivity index (χ0v) is 17.4. The monoisotopic (exact) mass is 409 g/mol. The molecule has 0 unspecified atom stereocenters. The van der Waals surface area contributed by atoms with Crippen molar-refractivity contribution in [2.45, 2.75) is 31.3 Å². The highest BCUT2D eigenvalue weighted by atomic mass is 32.2. The minimum absolute atomic E-state index is 0.00311. The predicted octanol–water partition coefficient (Wildman–Crippen LogP) is 3.52. The first-order chi connectivity index (χ1) is 13.8. The number of hydrogen-bond acceptors (Lipinski definition) is 5. The van der Waals surface area contributed by atoms with Gasteiger partial charge in [0, 0.05) is 11.3 Å². The zero-order valence-electron chi connectivity index (χ0n) is 16.5. The third kappa shape index (κ3) is 5.03. The van der Waals surface area contributed by atoms with Crippen molar-refractivity contribution in [1.29, 1.82) is 0 Å². The van der Waals surface area contributed by atoms with Crippen molar-refractivity contribution in [2.75, 3.05) is 5.75 Å². The minimum atomic E-state index is -0.875. The lowest BCUT2D eigenvalue weighted by molar-refractivity contribution is -0.117. The maximum atomic E-state index is 11.8. The fourth-order valence-corrected chi connectivity index (χ4v) is 3.54. The van der Waals surface area contributed by atoms with Crippen molar-refractivity contribution in [3.8, 4) is 17.1 Å². The summed E-state index contributed by atoms with van der Waals surface area (Å²) in [5.41, 5.74) is 8.07. The number of rotatable bonds is 5.